The summed E-state index contributed by atoms with van der Waals surface area (Å²) in [6, 6.07) is 14.1. The molecule has 0 aromatic heterocycles. The van der Waals surface area contributed by atoms with Gasteiger partial charge in [0.1, 0.15) is 19.2 Å². The molecule has 0 spiro atoms. The van der Waals surface area contributed by atoms with Crippen LogP contribution in [-0.2, 0) is 19.1 Å². The van der Waals surface area contributed by atoms with Crippen LogP contribution in [0.5, 0.6) is 0 Å². The molecule has 1 aliphatic carbocycles. The summed E-state index contributed by atoms with van der Waals surface area (Å²) in [6.07, 6.45) is -1.61. The van der Waals surface area contributed by atoms with Crippen LogP contribution in [0.4, 0.5) is 4.79 Å². The summed E-state index contributed by atoms with van der Waals surface area (Å²) in [4.78, 5) is 45.4. The lowest BCUT2D eigenvalue weighted by Crippen LogP contribution is -2.46. The molecule has 9 nitrogen and oxygen atoms in total. The molecule has 3 rings (SSSR count). The maximum absolute atomic E-state index is 12.0. The lowest BCUT2D eigenvalue weighted by atomic mass is 9.98. The molecule has 156 valence electrons. The van der Waals surface area contributed by atoms with E-state index >= 15 is 0 Å². The van der Waals surface area contributed by atoms with Gasteiger partial charge in [-0.3, -0.25) is 9.59 Å². The molecule has 2 aromatic carbocycles. The molecule has 0 unspecified atom stereocenters. The number of nitrogens with one attached hydrogen (secondary N) is 2. The third-order valence-corrected chi connectivity index (χ3v) is 4.75. The smallest absolute Gasteiger partial charge is 0.407 e. The van der Waals surface area contributed by atoms with Crippen LogP contribution in [0.15, 0.2) is 48.5 Å². The lowest BCUT2D eigenvalue weighted by molar-refractivity contribution is -0.147. The second kappa shape index (κ2) is 9.08. The number of ether oxygens (including phenoxy) is 1. The minimum absolute atomic E-state index is 0.0677. The fourth-order valence-electron chi connectivity index (χ4n) is 3.42. The molecule has 0 saturated heterocycles. The molecular formula is C21H20N2O7. The largest absolute Gasteiger partial charge is 0.481 e. The average molecular weight is 412 g/mol. The van der Waals surface area contributed by atoms with E-state index in [1.54, 1.807) is 0 Å². The maximum Gasteiger partial charge on any atom is 0.407 e. The van der Waals surface area contributed by atoms with Crippen molar-refractivity contribution in [1.82, 2.24) is 10.6 Å². The fraction of sp³-hybridized carbons (Fsp3) is 0.238. The number of hydrogen-bond donors (Lipinski definition) is 4. The van der Waals surface area contributed by atoms with Crippen molar-refractivity contribution in [3.05, 3.63) is 59.7 Å². The average Bonchev–Trinajstić information content (AvgIpc) is 3.04. The van der Waals surface area contributed by atoms with Gasteiger partial charge in [-0.2, -0.15) is 0 Å². The SMILES string of the molecule is O=C(O)C[C@H](NC(=O)CNC(=O)OCC1c2ccccc2-c2ccccc21)C(=O)O. The van der Waals surface area contributed by atoms with Crippen LogP contribution in [-0.4, -0.2) is 53.3 Å². The molecule has 1 aliphatic rings. The number of aliphatic carboxylic acids is 2. The van der Waals surface area contributed by atoms with Crippen LogP contribution in [0.3, 0.4) is 0 Å². The summed E-state index contributed by atoms with van der Waals surface area (Å²) < 4.78 is 5.27. The van der Waals surface area contributed by atoms with Crippen molar-refractivity contribution in [2.24, 2.45) is 0 Å². The van der Waals surface area contributed by atoms with Gasteiger partial charge in [0.05, 0.1) is 6.42 Å². The van der Waals surface area contributed by atoms with E-state index in [2.05, 4.69) is 5.32 Å². The third-order valence-electron chi connectivity index (χ3n) is 4.75. The van der Waals surface area contributed by atoms with Crippen molar-refractivity contribution < 1.29 is 34.1 Å². The lowest BCUT2D eigenvalue weighted by Gasteiger charge is -2.15. The summed E-state index contributed by atoms with van der Waals surface area (Å²) in [5.74, 6) is -3.82. The molecule has 0 aliphatic heterocycles. The Balaban J connectivity index is 1.53. The molecule has 30 heavy (non-hydrogen) atoms. The van der Waals surface area contributed by atoms with Gasteiger partial charge in [0.25, 0.3) is 0 Å². The second-order valence-corrected chi connectivity index (χ2v) is 6.74. The highest BCUT2D eigenvalue weighted by Crippen LogP contribution is 2.44. The van der Waals surface area contributed by atoms with E-state index in [1.165, 1.54) is 0 Å². The minimum atomic E-state index is -1.58. The molecule has 0 heterocycles. The summed E-state index contributed by atoms with van der Waals surface area (Å²) in [6.45, 7) is -0.474. The first-order valence-electron chi connectivity index (χ1n) is 9.19. The number of rotatable bonds is 8. The van der Waals surface area contributed by atoms with Gasteiger partial charge < -0.3 is 25.6 Å². The Morgan fingerprint density at radius 1 is 0.933 bits per heavy atom. The van der Waals surface area contributed by atoms with Gasteiger partial charge in [-0.15, -0.1) is 0 Å². The van der Waals surface area contributed by atoms with E-state index in [1.807, 2.05) is 53.8 Å². The number of fused-ring (bicyclic) bond motifs is 3. The Morgan fingerprint density at radius 2 is 1.50 bits per heavy atom. The van der Waals surface area contributed by atoms with Gasteiger partial charge in [0.15, 0.2) is 0 Å². The Hall–Kier alpha value is -3.88. The Kier molecular flexibility index (Phi) is 6.31. The zero-order valence-electron chi connectivity index (χ0n) is 15.8. The van der Waals surface area contributed by atoms with Gasteiger partial charge in [0, 0.05) is 5.92 Å². The van der Waals surface area contributed by atoms with Crippen LogP contribution in [0.1, 0.15) is 23.5 Å². The number of carboxylic acid groups (broad SMARTS) is 2. The monoisotopic (exact) mass is 412 g/mol. The Labute approximate surface area is 171 Å². The molecule has 0 saturated carbocycles. The van der Waals surface area contributed by atoms with E-state index in [0.29, 0.717) is 0 Å². The van der Waals surface area contributed by atoms with Gasteiger partial charge in [-0.1, -0.05) is 48.5 Å². The third kappa shape index (κ3) is 4.75. The van der Waals surface area contributed by atoms with Crippen LogP contribution >= 0.6 is 0 Å². The standard InChI is InChI=1S/C21H20N2O7/c24-18(23-17(20(27)28)9-19(25)26)10-22-21(29)30-11-16-14-7-3-1-5-12(14)13-6-2-4-8-15(13)16/h1-8,16-17H,9-11H2,(H,22,29)(H,23,24)(H,25,26)(H,27,28)/t17-/m0/s1. The molecule has 0 radical (unpaired) electrons. The van der Waals surface area contributed by atoms with E-state index in [0.717, 1.165) is 22.3 Å². The van der Waals surface area contributed by atoms with Gasteiger partial charge in [0.2, 0.25) is 5.91 Å². The zero-order chi connectivity index (χ0) is 21.7. The van der Waals surface area contributed by atoms with Gasteiger partial charge in [-0.05, 0) is 22.3 Å². The Bertz CT molecular complexity index is 943. The van der Waals surface area contributed by atoms with Crippen molar-refractivity contribution >= 4 is 23.9 Å². The highest BCUT2D eigenvalue weighted by Gasteiger charge is 2.29. The van der Waals surface area contributed by atoms with Crippen molar-refractivity contribution in [2.45, 2.75) is 18.4 Å². The second-order valence-electron chi connectivity index (χ2n) is 6.74. The molecule has 1 atom stereocenters. The Morgan fingerprint density at radius 3 is 2.03 bits per heavy atom. The first kappa shape index (κ1) is 20.8. The molecule has 0 fully saturated rings. The number of carbonyl (C=O) groups excluding carboxylic acids is 2. The summed E-state index contributed by atoms with van der Waals surface area (Å²) in [7, 11) is 0. The van der Waals surface area contributed by atoms with E-state index in [9.17, 15) is 19.2 Å². The first-order valence-corrected chi connectivity index (χ1v) is 9.19. The van der Waals surface area contributed by atoms with Crippen LogP contribution in [0.2, 0.25) is 0 Å². The minimum Gasteiger partial charge on any atom is -0.481 e. The quantitative estimate of drug-likeness (QED) is 0.515. The first-order chi connectivity index (χ1) is 14.4. The summed E-state index contributed by atoms with van der Waals surface area (Å²) in [5, 5.41) is 21.9. The van der Waals surface area contributed by atoms with Crippen LogP contribution < -0.4 is 10.6 Å². The molecule has 0 bridgehead atoms. The van der Waals surface area contributed by atoms with Crippen LogP contribution in [0, 0.1) is 0 Å². The highest BCUT2D eigenvalue weighted by atomic mass is 16.5. The van der Waals surface area contributed by atoms with Crippen molar-refractivity contribution in [3.8, 4) is 11.1 Å². The normalized spacial score (nSPS) is 12.9. The molecule has 4 N–H and O–H groups in total. The number of carboxylic acids is 2. The predicted molar refractivity (Wildman–Crippen MR) is 105 cm³/mol. The van der Waals surface area contributed by atoms with Crippen molar-refractivity contribution in [1.29, 1.82) is 0 Å². The van der Waals surface area contributed by atoms with Gasteiger partial charge >= 0.3 is 18.0 Å². The fourth-order valence-corrected chi connectivity index (χ4v) is 3.42. The predicted octanol–water partition coefficient (Wildman–Crippen LogP) is 1.57. The number of amides is 2. The number of benzene rings is 2. The van der Waals surface area contributed by atoms with E-state index in [4.69, 9.17) is 14.9 Å². The van der Waals surface area contributed by atoms with Gasteiger partial charge in [-0.25, -0.2) is 9.59 Å². The molecule has 2 amide bonds. The number of hydrogen-bond acceptors (Lipinski definition) is 5. The molecule has 2 aromatic rings. The van der Waals surface area contributed by atoms with Crippen LogP contribution in [0.25, 0.3) is 11.1 Å². The topological polar surface area (TPSA) is 142 Å². The van der Waals surface area contributed by atoms with E-state index < -0.39 is 42.9 Å². The molecule has 9 heteroatoms. The summed E-state index contributed by atoms with van der Waals surface area (Å²) >= 11 is 0. The zero-order valence-corrected chi connectivity index (χ0v) is 15.8. The van der Waals surface area contributed by atoms with E-state index in [-0.39, 0.29) is 12.5 Å². The maximum atomic E-state index is 12.0. The van der Waals surface area contributed by atoms with Crippen molar-refractivity contribution in [2.75, 3.05) is 13.2 Å². The number of alkyl carbamates (subject to hydrolysis) is 1. The summed E-state index contributed by atoms with van der Waals surface area (Å²) in [5.41, 5.74) is 4.25. The number of carbonyl (C=O) groups is 4. The highest BCUT2D eigenvalue weighted by molar-refractivity contribution is 5.88. The van der Waals surface area contributed by atoms with Crippen molar-refractivity contribution in [3.63, 3.8) is 0 Å². The molecular weight excluding hydrogens is 392 g/mol.